The molecular formula is C32H32ClNO6. The maximum Gasteiger partial charge on any atom is 0.341 e. The molecule has 0 saturated heterocycles. The Bertz CT molecular complexity index is 1290. The summed E-state index contributed by atoms with van der Waals surface area (Å²) in [6.45, 7) is 1.73. The van der Waals surface area contributed by atoms with E-state index in [1.165, 1.54) is 14.2 Å². The summed E-state index contributed by atoms with van der Waals surface area (Å²) in [5, 5.41) is 3.40. The van der Waals surface area contributed by atoms with Crippen LogP contribution in [0.15, 0.2) is 97.1 Å². The highest BCUT2D eigenvalue weighted by molar-refractivity contribution is 5.93. The Morgan fingerprint density at radius 3 is 1.35 bits per heavy atom. The van der Waals surface area contributed by atoms with Gasteiger partial charge in [0.05, 0.1) is 14.2 Å². The first-order valence-electron chi connectivity index (χ1n) is 12.5. The van der Waals surface area contributed by atoms with Crippen molar-refractivity contribution in [3.05, 3.63) is 130 Å². The van der Waals surface area contributed by atoms with Crippen LogP contribution in [0.2, 0.25) is 0 Å². The van der Waals surface area contributed by atoms with Crippen molar-refractivity contribution < 1.29 is 28.5 Å². The molecule has 0 spiro atoms. The molecule has 0 aliphatic rings. The highest BCUT2D eigenvalue weighted by Crippen LogP contribution is 2.25. The van der Waals surface area contributed by atoms with Gasteiger partial charge in [-0.25, -0.2) is 9.59 Å². The lowest BCUT2D eigenvalue weighted by atomic mass is 10.1. The van der Waals surface area contributed by atoms with Gasteiger partial charge in [-0.05, 0) is 46.5 Å². The fourth-order valence-electron chi connectivity index (χ4n) is 3.97. The number of ether oxygens (including phenoxy) is 4. The van der Waals surface area contributed by atoms with Crippen molar-refractivity contribution in [1.82, 2.24) is 5.32 Å². The number of esters is 2. The van der Waals surface area contributed by atoms with Crippen molar-refractivity contribution in [1.29, 1.82) is 0 Å². The van der Waals surface area contributed by atoms with E-state index in [1.807, 2.05) is 84.9 Å². The van der Waals surface area contributed by atoms with E-state index in [-0.39, 0.29) is 12.4 Å². The van der Waals surface area contributed by atoms with E-state index in [2.05, 4.69) is 5.32 Å². The van der Waals surface area contributed by atoms with Crippen LogP contribution < -0.4 is 14.8 Å². The Labute approximate surface area is 240 Å². The summed E-state index contributed by atoms with van der Waals surface area (Å²) >= 11 is 0. The topological polar surface area (TPSA) is 83.1 Å². The largest absolute Gasteiger partial charge is 0.488 e. The van der Waals surface area contributed by atoms with E-state index in [9.17, 15) is 9.59 Å². The monoisotopic (exact) mass is 561 g/mol. The van der Waals surface area contributed by atoms with Crippen molar-refractivity contribution in [2.24, 2.45) is 0 Å². The quantitative estimate of drug-likeness (QED) is 0.208. The van der Waals surface area contributed by atoms with E-state index in [0.29, 0.717) is 48.9 Å². The summed E-state index contributed by atoms with van der Waals surface area (Å²) in [7, 11) is 2.70. The first kappa shape index (κ1) is 30.2. The number of hydrogen-bond donors (Lipinski definition) is 1. The van der Waals surface area contributed by atoms with Gasteiger partial charge in [0.25, 0.3) is 0 Å². The maximum absolute atomic E-state index is 12.3. The SMILES string of the molecule is COC(=O)c1ccc(CNCc2ccc(C(=O)OC)c(OCc3ccccc3)c2)cc1OCc1ccccc1.Cl. The van der Waals surface area contributed by atoms with Crippen LogP contribution in [0.25, 0.3) is 0 Å². The molecule has 0 aromatic heterocycles. The van der Waals surface area contributed by atoms with Crippen LogP contribution in [0.5, 0.6) is 11.5 Å². The van der Waals surface area contributed by atoms with Gasteiger partial charge in [0.15, 0.2) is 0 Å². The van der Waals surface area contributed by atoms with Gasteiger partial charge in [-0.1, -0.05) is 72.8 Å². The number of methoxy groups -OCH3 is 2. The second kappa shape index (κ2) is 15.3. The molecule has 208 valence electrons. The number of carbonyl (C=O) groups excluding carboxylic acids is 2. The molecule has 0 radical (unpaired) electrons. The smallest absolute Gasteiger partial charge is 0.341 e. The molecule has 0 saturated carbocycles. The second-order valence-electron chi connectivity index (χ2n) is 8.80. The Kier molecular flexibility index (Phi) is 11.6. The van der Waals surface area contributed by atoms with Crippen LogP contribution in [0.4, 0.5) is 0 Å². The predicted octanol–water partition coefficient (Wildman–Crippen LogP) is 6.13. The number of carbonyl (C=O) groups is 2. The molecule has 0 aliphatic carbocycles. The first-order valence-corrected chi connectivity index (χ1v) is 12.5. The standard InChI is InChI=1S/C32H31NO6.ClH/c1-36-31(34)27-15-13-25(17-29(27)38-21-23-9-5-3-6-10-23)19-33-20-26-14-16-28(32(35)37-2)30(18-26)39-22-24-11-7-4-8-12-24;/h3-18,33H,19-22H2,1-2H3;1H. The van der Waals surface area contributed by atoms with Gasteiger partial charge >= 0.3 is 11.9 Å². The molecule has 0 aliphatic heterocycles. The van der Waals surface area contributed by atoms with Gasteiger partial charge in [0.1, 0.15) is 35.8 Å². The third-order valence-electron chi connectivity index (χ3n) is 6.04. The Morgan fingerprint density at radius 1 is 0.575 bits per heavy atom. The van der Waals surface area contributed by atoms with Crippen molar-refractivity contribution >= 4 is 24.3 Å². The van der Waals surface area contributed by atoms with Crippen LogP contribution >= 0.6 is 12.4 Å². The third kappa shape index (κ3) is 8.33. The maximum atomic E-state index is 12.3. The number of halogens is 1. The first-order chi connectivity index (χ1) is 19.1. The molecule has 1 N–H and O–H groups in total. The fourth-order valence-corrected chi connectivity index (χ4v) is 3.97. The van der Waals surface area contributed by atoms with Gasteiger partial charge in [-0.2, -0.15) is 0 Å². The minimum Gasteiger partial charge on any atom is -0.488 e. The third-order valence-corrected chi connectivity index (χ3v) is 6.04. The molecular weight excluding hydrogens is 530 g/mol. The summed E-state index contributed by atoms with van der Waals surface area (Å²) in [6, 6.07) is 30.3. The summed E-state index contributed by atoms with van der Waals surface area (Å²) in [5.74, 6) is 0.0191. The number of hydrogen-bond acceptors (Lipinski definition) is 7. The molecule has 0 bridgehead atoms. The minimum absolute atomic E-state index is 0. The number of benzene rings is 4. The van der Waals surface area contributed by atoms with E-state index in [1.54, 1.807) is 12.1 Å². The summed E-state index contributed by atoms with van der Waals surface area (Å²) in [4.78, 5) is 24.5. The minimum atomic E-state index is -0.453. The molecule has 0 fully saturated rings. The highest BCUT2D eigenvalue weighted by atomic mass is 35.5. The lowest BCUT2D eigenvalue weighted by Crippen LogP contribution is -2.14. The lowest BCUT2D eigenvalue weighted by Gasteiger charge is -2.14. The fraction of sp³-hybridized carbons (Fsp3) is 0.188. The summed E-state index contributed by atoms with van der Waals surface area (Å²) < 4.78 is 21.8. The summed E-state index contributed by atoms with van der Waals surface area (Å²) in [6.07, 6.45) is 0. The zero-order valence-corrected chi connectivity index (χ0v) is 23.2. The molecule has 4 rings (SSSR count). The van der Waals surface area contributed by atoms with E-state index in [0.717, 1.165) is 22.3 Å². The molecule has 4 aromatic rings. The Morgan fingerprint density at radius 2 is 0.975 bits per heavy atom. The second-order valence-corrected chi connectivity index (χ2v) is 8.80. The van der Waals surface area contributed by atoms with Crippen molar-refractivity contribution in [3.63, 3.8) is 0 Å². The van der Waals surface area contributed by atoms with Crippen LogP contribution in [-0.2, 0) is 35.8 Å². The van der Waals surface area contributed by atoms with Gasteiger partial charge < -0.3 is 24.3 Å². The zero-order valence-electron chi connectivity index (χ0n) is 22.4. The van der Waals surface area contributed by atoms with E-state index in [4.69, 9.17) is 18.9 Å². The van der Waals surface area contributed by atoms with Crippen molar-refractivity contribution in [2.75, 3.05) is 14.2 Å². The van der Waals surface area contributed by atoms with Crippen LogP contribution in [0.1, 0.15) is 43.0 Å². The lowest BCUT2D eigenvalue weighted by molar-refractivity contribution is 0.0586. The molecule has 4 aromatic carbocycles. The molecule has 8 heteroatoms. The molecule has 7 nitrogen and oxygen atoms in total. The number of rotatable bonds is 12. The van der Waals surface area contributed by atoms with Crippen LogP contribution in [-0.4, -0.2) is 26.2 Å². The van der Waals surface area contributed by atoms with Gasteiger partial charge in [0.2, 0.25) is 0 Å². The average Bonchev–Trinajstić information content (AvgIpc) is 2.99. The summed E-state index contributed by atoms with van der Waals surface area (Å²) in [5.41, 5.74) is 4.62. The normalized spacial score (nSPS) is 10.2. The van der Waals surface area contributed by atoms with E-state index >= 15 is 0 Å². The zero-order chi connectivity index (χ0) is 27.5. The molecule has 40 heavy (non-hydrogen) atoms. The Balaban J connectivity index is 0.00000441. The molecule has 0 heterocycles. The van der Waals surface area contributed by atoms with Gasteiger partial charge in [0, 0.05) is 13.1 Å². The molecule has 0 unspecified atom stereocenters. The van der Waals surface area contributed by atoms with Crippen molar-refractivity contribution in [2.45, 2.75) is 26.3 Å². The predicted molar refractivity (Wildman–Crippen MR) is 155 cm³/mol. The Hall–Kier alpha value is -4.33. The van der Waals surface area contributed by atoms with E-state index < -0.39 is 11.9 Å². The number of nitrogens with one attached hydrogen (secondary N) is 1. The molecule has 0 atom stereocenters. The van der Waals surface area contributed by atoms with Crippen LogP contribution in [0, 0.1) is 0 Å². The van der Waals surface area contributed by atoms with Gasteiger partial charge in [-0.15, -0.1) is 12.4 Å². The molecule has 0 amide bonds. The van der Waals surface area contributed by atoms with Crippen molar-refractivity contribution in [3.8, 4) is 11.5 Å². The van der Waals surface area contributed by atoms with Crippen LogP contribution in [0.3, 0.4) is 0 Å². The highest BCUT2D eigenvalue weighted by Gasteiger charge is 2.16. The average molecular weight is 562 g/mol. The van der Waals surface area contributed by atoms with Gasteiger partial charge in [-0.3, -0.25) is 0 Å².